The average molecular weight is 530 g/mol. The summed E-state index contributed by atoms with van der Waals surface area (Å²) in [5.74, 6) is 1.41. The lowest BCUT2D eigenvalue weighted by Gasteiger charge is -2.15. The molecule has 1 N–H and O–H groups in total. The van der Waals surface area contributed by atoms with E-state index in [0.29, 0.717) is 44.1 Å². The van der Waals surface area contributed by atoms with Crippen molar-refractivity contribution in [3.63, 3.8) is 0 Å². The number of benzene rings is 4. The molecule has 0 radical (unpaired) electrons. The van der Waals surface area contributed by atoms with Gasteiger partial charge in [0.1, 0.15) is 13.2 Å². The first-order chi connectivity index (χ1) is 17.2. The Hall–Kier alpha value is -3.57. The Morgan fingerprint density at radius 3 is 1.86 bits per heavy atom. The highest BCUT2D eigenvalue weighted by molar-refractivity contribution is 9.10. The van der Waals surface area contributed by atoms with E-state index in [2.05, 4.69) is 21.2 Å². The molecule has 0 aliphatic heterocycles. The van der Waals surface area contributed by atoms with Crippen LogP contribution in [0.5, 0.6) is 11.5 Å². The molecule has 178 valence electrons. The molecule has 1 amide bonds. The number of hydrogen-bond donors (Lipinski definition) is 1. The van der Waals surface area contributed by atoms with Crippen LogP contribution >= 0.6 is 15.9 Å². The minimum atomic E-state index is 0.00990. The van der Waals surface area contributed by atoms with Gasteiger partial charge in [0.05, 0.1) is 6.42 Å². The van der Waals surface area contributed by atoms with Crippen molar-refractivity contribution in [3.8, 4) is 11.5 Å². The zero-order valence-electron chi connectivity index (χ0n) is 19.5. The van der Waals surface area contributed by atoms with Crippen LogP contribution in [0.25, 0.3) is 0 Å². The molecule has 4 aromatic rings. The van der Waals surface area contributed by atoms with Crippen LogP contribution in [0.1, 0.15) is 22.3 Å². The Morgan fingerprint density at radius 2 is 1.23 bits per heavy atom. The monoisotopic (exact) mass is 529 g/mol. The highest BCUT2D eigenvalue weighted by atomic mass is 79.9. The number of hydrogen-bond acceptors (Lipinski definition) is 3. The number of amides is 1. The molecular weight excluding hydrogens is 502 g/mol. The van der Waals surface area contributed by atoms with Crippen LogP contribution in [-0.4, -0.2) is 12.5 Å². The maximum absolute atomic E-state index is 12.3. The molecular formula is C30H28BrNO3. The predicted molar refractivity (Wildman–Crippen MR) is 143 cm³/mol. The maximum atomic E-state index is 12.3. The fraction of sp³-hybridized carbons (Fsp3) is 0.167. The van der Waals surface area contributed by atoms with E-state index in [1.807, 2.05) is 103 Å². The minimum absolute atomic E-state index is 0.00990. The molecule has 0 aliphatic carbocycles. The summed E-state index contributed by atoms with van der Waals surface area (Å²) in [6.45, 7) is 1.47. The van der Waals surface area contributed by atoms with Gasteiger partial charge in [0.25, 0.3) is 0 Å². The normalized spacial score (nSPS) is 10.5. The Kier molecular flexibility index (Phi) is 8.96. The minimum Gasteiger partial charge on any atom is -0.485 e. The van der Waals surface area contributed by atoms with Gasteiger partial charge < -0.3 is 14.8 Å². The van der Waals surface area contributed by atoms with Gasteiger partial charge in [-0.15, -0.1) is 0 Å². The fourth-order valence-electron chi connectivity index (χ4n) is 3.61. The first-order valence-electron chi connectivity index (χ1n) is 11.6. The van der Waals surface area contributed by atoms with E-state index in [9.17, 15) is 4.79 Å². The van der Waals surface area contributed by atoms with Crippen LogP contribution < -0.4 is 14.8 Å². The van der Waals surface area contributed by atoms with Crippen LogP contribution in [-0.2, 0) is 30.8 Å². The van der Waals surface area contributed by atoms with E-state index in [0.717, 1.165) is 26.7 Å². The van der Waals surface area contributed by atoms with Gasteiger partial charge >= 0.3 is 0 Å². The van der Waals surface area contributed by atoms with E-state index in [-0.39, 0.29) is 5.91 Å². The molecule has 0 spiro atoms. The van der Waals surface area contributed by atoms with Crippen LogP contribution in [0, 0.1) is 0 Å². The molecule has 35 heavy (non-hydrogen) atoms. The van der Waals surface area contributed by atoms with Gasteiger partial charge in [0.15, 0.2) is 11.5 Å². The Morgan fingerprint density at radius 1 is 0.657 bits per heavy atom. The molecule has 0 bridgehead atoms. The SMILES string of the molecule is O=C(Cc1ccc(Br)cc1)NCCc1ccc(OCc2ccccc2)c(OCc2ccccc2)c1. The lowest BCUT2D eigenvalue weighted by atomic mass is 10.1. The molecule has 0 atom stereocenters. The van der Waals surface area contributed by atoms with Crippen molar-refractivity contribution >= 4 is 21.8 Å². The third-order valence-electron chi connectivity index (χ3n) is 5.50. The second-order valence-corrected chi connectivity index (χ2v) is 9.15. The summed E-state index contributed by atoms with van der Waals surface area (Å²) in [5.41, 5.74) is 4.25. The lowest BCUT2D eigenvalue weighted by molar-refractivity contribution is -0.120. The van der Waals surface area contributed by atoms with Gasteiger partial charge in [-0.3, -0.25) is 4.79 Å². The molecule has 5 heteroatoms. The van der Waals surface area contributed by atoms with Gasteiger partial charge in [-0.25, -0.2) is 0 Å². The Bertz CT molecular complexity index is 1210. The molecule has 0 aliphatic rings. The van der Waals surface area contributed by atoms with Crippen molar-refractivity contribution in [2.24, 2.45) is 0 Å². The Labute approximate surface area is 215 Å². The molecule has 0 fully saturated rings. The van der Waals surface area contributed by atoms with Gasteiger partial charge in [0, 0.05) is 11.0 Å². The summed E-state index contributed by atoms with van der Waals surface area (Å²) in [5, 5.41) is 3.01. The smallest absolute Gasteiger partial charge is 0.224 e. The van der Waals surface area contributed by atoms with Crippen LogP contribution in [0.4, 0.5) is 0 Å². The number of ether oxygens (including phenoxy) is 2. The Balaban J connectivity index is 1.37. The quantitative estimate of drug-likeness (QED) is 0.241. The highest BCUT2D eigenvalue weighted by Gasteiger charge is 2.09. The fourth-order valence-corrected chi connectivity index (χ4v) is 3.87. The van der Waals surface area contributed by atoms with E-state index in [1.165, 1.54) is 0 Å². The zero-order chi connectivity index (χ0) is 24.3. The van der Waals surface area contributed by atoms with Gasteiger partial charge in [-0.1, -0.05) is 94.8 Å². The van der Waals surface area contributed by atoms with Gasteiger partial charge in [-0.2, -0.15) is 0 Å². The molecule has 4 rings (SSSR count). The summed E-state index contributed by atoms with van der Waals surface area (Å²) < 4.78 is 13.2. The highest BCUT2D eigenvalue weighted by Crippen LogP contribution is 2.30. The topological polar surface area (TPSA) is 47.6 Å². The van der Waals surface area contributed by atoms with E-state index in [1.54, 1.807) is 0 Å². The second kappa shape index (κ2) is 12.8. The molecule has 0 aromatic heterocycles. The largest absolute Gasteiger partial charge is 0.485 e. The third-order valence-corrected chi connectivity index (χ3v) is 6.02. The third kappa shape index (κ3) is 8.01. The van der Waals surface area contributed by atoms with Crippen molar-refractivity contribution in [1.29, 1.82) is 0 Å². The number of nitrogens with one attached hydrogen (secondary N) is 1. The molecule has 0 unspecified atom stereocenters. The number of rotatable bonds is 11. The van der Waals surface area contributed by atoms with Crippen molar-refractivity contribution in [2.75, 3.05) is 6.54 Å². The molecule has 0 saturated carbocycles. The van der Waals surface area contributed by atoms with E-state index >= 15 is 0 Å². The molecule has 4 nitrogen and oxygen atoms in total. The van der Waals surface area contributed by atoms with Crippen molar-refractivity contribution in [3.05, 3.63) is 130 Å². The molecule has 4 aromatic carbocycles. The lowest BCUT2D eigenvalue weighted by Crippen LogP contribution is -2.27. The van der Waals surface area contributed by atoms with Crippen molar-refractivity contribution in [1.82, 2.24) is 5.32 Å². The number of carbonyl (C=O) groups is 1. The van der Waals surface area contributed by atoms with Crippen LogP contribution in [0.15, 0.2) is 108 Å². The molecule has 0 heterocycles. The molecule has 0 saturated heterocycles. The summed E-state index contributed by atoms with van der Waals surface area (Å²) in [4.78, 5) is 12.3. The van der Waals surface area contributed by atoms with Crippen molar-refractivity contribution < 1.29 is 14.3 Å². The van der Waals surface area contributed by atoms with E-state index in [4.69, 9.17) is 9.47 Å². The van der Waals surface area contributed by atoms with Crippen molar-refractivity contribution in [2.45, 2.75) is 26.1 Å². The van der Waals surface area contributed by atoms with Crippen LogP contribution in [0.2, 0.25) is 0 Å². The average Bonchev–Trinajstić information content (AvgIpc) is 2.89. The number of carbonyl (C=O) groups excluding carboxylic acids is 1. The van der Waals surface area contributed by atoms with E-state index < -0.39 is 0 Å². The predicted octanol–water partition coefficient (Wildman–Crippen LogP) is 6.51. The summed E-state index contributed by atoms with van der Waals surface area (Å²) in [6.07, 6.45) is 1.07. The first-order valence-corrected chi connectivity index (χ1v) is 12.4. The summed E-state index contributed by atoms with van der Waals surface area (Å²) >= 11 is 3.42. The number of halogens is 1. The van der Waals surface area contributed by atoms with Gasteiger partial charge in [-0.05, 0) is 52.9 Å². The maximum Gasteiger partial charge on any atom is 0.224 e. The first kappa shape index (κ1) is 24.6. The second-order valence-electron chi connectivity index (χ2n) is 8.23. The van der Waals surface area contributed by atoms with Gasteiger partial charge in [0.2, 0.25) is 5.91 Å². The summed E-state index contributed by atoms with van der Waals surface area (Å²) in [7, 11) is 0. The summed E-state index contributed by atoms with van der Waals surface area (Å²) in [6, 6.07) is 33.9. The van der Waals surface area contributed by atoms with Crippen LogP contribution in [0.3, 0.4) is 0 Å². The standard InChI is InChI=1S/C30H28BrNO3/c31-27-14-11-23(12-15-27)20-30(33)32-18-17-24-13-16-28(34-21-25-7-3-1-4-8-25)29(19-24)35-22-26-9-5-2-6-10-26/h1-16,19H,17-18,20-22H2,(H,32,33). The zero-order valence-corrected chi connectivity index (χ0v) is 21.0.